The van der Waals surface area contributed by atoms with Crippen LogP contribution in [0.1, 0.15) is 10.6 Å². The van der Waals surface area contributed by atoms with Gasteiger partial charge in [0, 0.05) is 35.6 Å². The highest BCUT2D eigenvalue weighted by Gasteiger charge is 2.29. The topological polar surface area (TPSA) is 53.5 Å². The summed E-state index contributed by atoms with van der Waals surface area (Å²) in [7, 11) is 1.76. The van der Waals surface area contributed by atoms with Crippen LogP contribution in [0.3, 0.4) is 0 Å². The molecule has 0 N–H and O–H groups in total. The number of rotatable bonds is 6. The Bertz CT molecular complexity index is 1110. The van der Waals surface area contributed by atoms with Crippen molar-refractivity contribution in [3.63, 3.8) is 0 Å². The van der Waals surface area contributed by atoms with Crippen LogP contribution < -0.4 is 0 Å². The lowest BCUT2D eigenvalue weighted by atomic mass is 10.2. The molecule has 1 saturated heterocycles. The lowest BCUT2D eigenvalue weighted by molar-refractivity contribution is -0.136. The van der Waals surface area contributed by atoms with Gasteiger partial charge in [0.05, 0.1) is 16.5 Å². The minimum absolute atomic E-state index is 0.0242. The van der Waals surface area contributed by atoms with Gasteiger partial charge < -0.3 is 4.90 Å². The van der Waals surface area contributed by atoms with Crippen LogP contribution in [0.5, 0.6) is 0 Å². The molecule has 0 aliphatic carbocycles. The fraction of sp³-hybridized carbons (Fsp3) is 0.174. The van der Waals surface area contributed by atoms with Crippen molar-refractivity contribution >= 4 is 52.6 Å². The number of thioether (sulfide) groups is 1. The summed E-state index contributed by atoms with van der Waals surface area (Å²) in [4.78, 5) is 33.0. The second kappa shape index (κ2) is 9.68. The Hall–Kier alpha value is -2.61. The molecule has 5 nitrogen and oxygen atoms in total. The first-order valence-corrected chi connectivity index (χ1v) is 11.9. The molecule has 8 heteroatoms. The van der Waals surface area contributed by atoms with E-state index in [1.165, 1.54) is 23.1 Å². The maximum Gasteiger partial charge on any atom is 0.242 e. The van der Waals surface area contributed by atoms with E-state index in [-0.39, 0.29) is 18.4 Å². The Kier molecular flexibility index (Phi) is 6.75. The highest BCUT2D eigenvalue weighted by Crippen LogP contribution is 2.32. The second-order valence-electron chi connectivity index (χ2n) is 7.06. The SMILES string of the molecule is CN(Cc1ccccc1)C(=O)CN1C(=O)CSC1=Cc1nc(-c2ccc(Cl)cc2)cs1. The highest BCUT2D eigenvalue weighted by molar-refractivity contribution is 8.04. The molecule has 0 bridgehead atoms. The molecular formula is C23H20ClN3O2S2. The van der Waals surface area contributed by atoms with Gasteiger partial charge in [0.2, 0.25) is 11.8 Å². The Morgan fingerprint density at radius 1 is 1.19 bits per heavy atom. The molecule has 2 amide bonds. The first-order chi connectivity index (χ1) is 15.0. The zero-order chi connectivity index (χ0) is 21.8. The Labute approximate surface area is 194 Å². The number of thiazole rings is 1. The van der Waals surface area contributed by atoms with E-state index < -0.39 is 0 Å². The quantitative estimate of drug-likeness (QED) is 0.510. The molecule has 1 aromatic heterocycles. The molecule has 3 aromatic rings. The van der Waals surface area contributed by atoms with Crippen molar-refractivity contribution in [2.24, 2.45) is 0 Å². The molecule has 0 unspecified atom stereocenters. The van der Waals surface area contributed by atoms with Gasteiger partial charge in [-0.05, 0) is 17.7 Å². The van der Waals surface area contributed by atoms with E-state index in [1.54, 1.807) is 16.8 Å². The summed E-state index contributed by atoms with van der Waals surface area (Å²) < 4.78 is 0. The number of hydrogen-bond donors (Lipinski definition) is 0. The van der Waals surface area contributed by atoms with Crippen LogP contribution in [0.25, 0.3) is 17.3 Å². The molecule has 158 valence electrons. The number of benzene rings is 2. The molecular weight excluding hydrogens is 450 g/mol. The maximum absolute atomic E-state index is 12.7. The number of nitrogens with zero attached hydrogens (tertiary/aromatic N) is 3. The van der Waals surface area contributed by atoms with E-state index in [9.17, 15) is 9.59 Å². The normalized spacial score (nSPS) is 15.0. The number of aromatic nitrogens is 1. The van der Waals surface area contributed by atoms with Crippen molar-refractivity contribution in [2.45, 2.75) is 6.54 Å². The molecule has 31 heavy (non-hydrogen) atoms. The molecule has 1 aliphatic rings. The fourth-order valence-corrected chi connectivity index (χ4v) is 5.01. The predicted molar refractivity (Wildman–Crippen MR) is 128 cm³/mol. The first-order valence-electron chi connectivity index (χ1n) is 9.64. The van der Waals surface area contributed by atoms with Gasteiger partial charge in [0.15, 0.2) is 0 Å². The fourth-order valence-electron chi connectivity index (χ4n) is 3.11. The third-order valence-corrected chi connectivity index (χ3v) is 6.87. The smallest absolute Gasteiger partial charge is 0.242 e. The summed E-state index contributed by atoms with van der Waals surface area (Å²) in [6.45, 7) is 0.529. The molecule has 2 heterocycles. The summed E-state index contributed by atoms with van der Waals surface area (Å²) in [6, 6.07) is 17.3. The maximum atomic E-state index is 12.7. The molecule has 1 aliphatic heterocycles. The van der Waals surface area contributed by atoms with Crippen LogP contribution in [-0.4, -0.2) is 45.9 Å². The van der Waals surface area contributed by atoms with Gasteiger partial charge in [-0.2, -0.15) is 0 Å². The average molecular weight is 470 g/mol. The third-order valence-electron chi connectivity index (χ3n) is 4.80. The molecule has 0 saturated carbocycles. The zero-order valence-corrected chi connectivity index (χ0v) is 19.2. The van der Waals surface area contributed by atoms with Crippen LogP contribution in [0.4, 0.5) is 0 Å². The molecule has 0 spiro atoms. The van der Waals surface area contributed by atoms with E-state index in [0.717, 1.165) is 26.9 Å². The van der Waals surface area contributed by atoms with Crippen LogP contribution >= 0.6 is 34.7 Å². The third kappa shape index (κ3) is 5.36. The largest absolute Gasteiger partial charge is 0.340 e. The van der Waals surface area contributed by atoms with Crippen LogP contribution in [0, 0.1) is 0 Å². The number of carbonyl (C=O) groups is 2. The lowest BCUT2D eigenvalue weighted by Gasteiger charge is -2.22. The van der Waals surface area contributed by atoms with E-state index in [0.29, 0.717) is 17.3 Å². The van der Waals surface area contributed by atoms with Crippen LogP contribution in [-0.2, 0) is 16.1 Å². The van der Waals surface area contributed by atoms with E-state index in [1.807, 2.05) is 66.1 Å². The number of carbonyl (C=O) groups excluding carboxylic acids is 2. The first kappa shape index (κ1) is 21.6. The number of likely N-dealkylation sites (N-methyl/N-ethyl adjacent to an activating group) is 1. The Balaban J connectivity index is 1.46. The van der Waals surface area contributed by atoms with Crippen molar-refractivity contribution < 1.29 is 9.59 Å². The van der Waals surface area contributed by atoms with Gasteiger partial charge in [0.1, 0.15) is 11.6 Å². The molecule has 4 rings (SSSR count). The van der Waals surface area contributed by atoms with Crippen molar-refractivity contribution in [1.29, 1.82) is 0 Å². The minimum Gasteiger partial charge on any atom is -0.340 e. The molecule has 1 fully saturated rings. The van der Waals surface area contributed by atoms with Gasteiger partial charge >= 0.3 is 0 Å². The second-order valence-corrected chi connectivity index (χ2v) is 9.39. The van der Waals surface area contributed by atoms with E-state index in [4.69, 9.17) is 11.6 Å². The van der Waals surface area contributed by atoms with Crippen molar-refractivity contribution in [1.82, 2.24) is 14.8 Å². The summed E-state index contributed by atoms with van der Waals surface area (Å²) in [5, 5.41) is 4.20. The lowest BCUT2D eigenvalue weighted by Crippen LogP contribution is -2.38. The predicted octanol–water partition coefficient (Wildman–Crippen LogP) is 5.00. The van der Waals surface area contributed by atoms with Gasteiger partial charge in [0.25, 0.3) is 0 Å². The van der Waals surface area contributed by atoms with Gasteiger partial charge in [-0.25, -0.2) is 4.98 Å². The standard InChI is InChI=1S/C23H20ClN3O2S2/c1-26(12-16-5-3-2-4-6-16)21(28)13-27-22(29)15-31-23(27)11-20-25-19(14-30-20)17-7-9-18(24)10-8-17/h2-11,14H,12-13,15H2,1H3. The van der Waals surface area contributed by atoms with Gasteiger partial charge in [-0.1, -0.05) is 65.8 Å². The van der Waals surface area contributed by atoms with Crippen molar-refractivity contribution in [3.8, 4) is 11.3 Å². The monoisotopic (exact) mass is 469 g/mol. The van der Waals surface area contributed by atoms with Gasteiger partial charge in [-0.15, -0.1) is 11.3 Å². The average Bonchev–Trinajstić information content (AvgIpc) is 3.37. The van der Waals surface area contributed by atoms with Gasteiger partial charge in [-0.3, -0.25) is 14.5 Å². The van der Waals surface area contributed by atoms with E-state index in [2.05, 4.69) is 4.98 Å². The Morgan fingerprint density at radius 2 is 1.94 bits per heavy atom. The van der Waals surface area contributed by atoms with E-state index >= 15 is 0 Å². The summed E-state index contributed by atoms with van der Waals surface area (Å²) in [5.41, 5.74) is 2.89. The number of amides is 2. The molecule has 0 atom stereocenters. The highest BCUT2D eigenvalue weighted by atomic mass is 35.5. The molecule has 0 radical (unpaired) electrons. The number of hydrogen-bond acceptors (Lipinski definition) is 5. The van der Waals surface area contributed by atoms with Crippen molar-refractivity contribution in [2.75, 3.05) is 19.3 Å². The van der Waals surface area contributed by atoms with Crippen LogP contribution in [0.15, 0.2) is 65.0 Å². The molecule has 2 aromatic carbocycles. The summed E-state index contributed by atoms with van der Waals surface area (Å²) in [5.74, 6) is 0.162. The summed E-state index contributed by atoms with van der Waals surface area (Å²) in [6.07, 6.45) is 1.88. The minimum atomic E-state index is -0.105. The Morgan fingerprint density at radius 3 is 2.68 bits per heavy atom. The van der Waals surface area contributed by atoms with Crippen molar-refractivity contribution in [3.05, 3.63) is 80.6 Å². The summed E-state index contributed by atoms with van der Waals surface area (Å²) >= 11 is 8.89. The zero-order valence-electron chi connectivity index (χ0n) is 16.8. The van der Waals surface area contributed by atoms with Crippen LogP contribution in [0.2, 0.25) is 5.02 Å². The number of halogens is 1.